The van der Waals surface area contributed by atoms with E-state index in [0.29, 0.717) is 10.7 Å². The third-order valence-electron chi connectivity index (χ3n) is 2.70. The molecule has 1 N–H and O–H groups in total. The normalized spacial score (nSPS) is 12.7. The molecule has 0 radical (unpaired) electrons. The summed E-state index contributed by atoms with van der Waals surface area (Å²) in [6, 6.07) is 5.18. The zero-order valence-electron chi connectivity index (χ0n) is 9.61. The summed E-state index contributed by atoms with van der Waals surface area (Å²) < 4.78 is 15.3. The number of nitrogens with one attached hydrogen (secondary N) is 1. The SMILES string of the molecule is CNC(C)c1ccc(-n2cc(Cl)cn2)c(F)c1. The Bertz CT molecular complexity index is 524. The van der Waals surface area contributed by atoms with E-state index in [4.69, 9.17) is 11.6 Å². The highest BCUT2D eigenvalue weighted by atomic mass is 35.5. The van der Waals surface area contributed by atoms with Crippen molar-refractivity contribution in [2.24, 2.45) is 0 Å². The average molecular weight is 254 g/mol. The fourth-order valence-electron chi connectivity index (χ4n) is 1.58. The lowest BCUT2D eigenvalue weighted by atomic mass is 10.1. The molecular weight excluding hydrogens is 241 g/mol. The van der Waals surface area contributed by atoms with Gasteiger partial charge in [0.2, 0.25) is 0 Å². The van der Waals surface area contributed by atoms with E-state index in [0.717, 1.165) is 5.56 Å². The highest BCUT2D eigenvalue weighted by Gasteiger charge is 2.09. The summed E-state index contributed by atoms with van der Waals surface area (Å²) >= 11 is 5.75. The van der Waals surface area contributed by atoms with Crippen molar-refractivity contribution in [1.82, 2.24) is 15.1 Å². The minimum atomic E-state index is -0.315. The predicted octanol–water partition coefficient (Wildman–Crippen LogP) is 2.95. The molecule has 0 amide bonds. The van der Waals surface area contributed by atoms with Gasteiger partial charge in [0, 0.05) is 12.2 Å². The van der Waals surface area contributed by atoms with Crippen molar-refractivity contribution >= 4 is 11.6 Å². The van der Waals surface area contributed by atoms with Crippen molar-refractivity contribution in [3.63, 3.8) is 0 Å². The third-order valence-corrected chi connectivity index (χ3v) is 2.90. The number of hydrogen-bond acceptors (Lipinski definition) is 2. The van der Waals surface area contributed by atoms with E-state index in [1.54, 1.807) is 12.3 Å². The molecule has 5 heteroatoms. The van der Waals surface area contributed by atoms with Gasteiger partial charge in [0.15, 0.2) is 0 Å². The number of benzene rings is 1. The highest BCUT2D eigenvalue weighted by molar-refractivity contribution is 6.30. The maximum atomic E-state index is 13.9. The van der Waals surface area contributed by atoms with Crippen LogP contribution in [0.4, 0.5) is 4.39 Å². The fourth-order valence-corrected chi connectivity index (χ4v) is 1.71. The molecule has 2 aromatic rings. The second-order valence-electron chi connectivity index (χ2n) is 3.82. The molecule has 0 aliphatic heterocycles. The highest BCUT2D eigenvalue weighted by Crippen LogP contribution is 2.20. The Hall–Kier alpha value is -1.39. The molecule has 17 heavy (non-hydrogen) atoms. The largest absolute Gasteiger partial charge is 0.313 e. The van der Waals surface area contributed by atoms with Gasteiger partial charge in [-0.1, -0.05) is 17.7 Å². The molecule has 0 aliphatic carbocycles. The maximum Gasteiger partial charge on any atom is 0.149 e. The topological polar surface area (TPSA) is 29.9 Å². The van der Waals surface area contributed by atoms with Crippen LogP contribution in [0.1, 0.15) is 18.5 Å². The van der Waals surface area contributed by atoms with Crippen LogP contribution in [-0.4, -0.2) is 16.8 Å². The van der Waals surface area contributed by atoms with Gasteiger partial charge in [-0.25, -0.2) is 9.07 Å². The van der Waals surface area contributed by atoms with Crippen LogP contribution in [0, 0.1) is 5.82 Å². The number of hydrogen-bond donors (Lipinski definition) is 1. The summed E-state index contributed by atoms with van der Waals surface area (Å²) in [6.45, 7) is 1.97. The molecule has 0 bridgehead atoms. The van der Waals surface area contributed by atoms with Crippen LogP contribution in [0.3, 0.4) is 0 Å². The van der Waals surface area contributed by atoms with Crippen LogP contribution < -0.4 is 5.32 Å². The van der Waals surface area contributed by atoms with Gasteiger partial charge in [0.1, 0.15) is 11.5 Å². The Labute approximate surface area is 104 Å². The molecule has 90 valence electrons. The predicted molar refractivity (Wildman–Crippen MR) is 66.0 cm³/mol. The molecule has 1 aromatic heterocycles. The second kappa shape index (κ2) is 4.85. The minimum absolute atomic E-state index is 0.111. The lowest BCUT2D eigenvalue weighted by Crippen LogP contribution is -2.12. The van der Waals surface area contributed by atoms with Crippen LogP contribution >= 0.6 is 11.6 Å². The van der Waals surface area contributed by atoms with Gasteiger partial charge in [-0.2, -0.15) is 5.10 Å². The van der Waals surface area contributed by atoms with Crippen molar-refractivity contribution < 1.29 is 4.39 Å². The minimum Gasteiger partial charge on any atom is -0.313 e. The van der Waals surface area contributed by atoms with Gasteiger partial charge in [0.25, 0.3) is 0 Å². The van der Waals surface area contributed by atoms with Crippen molar-refractivity contribution in [2.75, 3.05) is 7.05 Å². The molecular formula is C12H13ClFN3. The zero-order chi connectivity index (χ0) is 12.4. The van der Waals surface area contributed by atoms with E-state index >= 15 is 0 Å². The van der Waals surface area contributed by atoms with E-state index in [-0.39, 0.29) is 11.9 Å². The van der Waals surface area contributed by atoms with Gasteiger partial charge in [0.05, 0.1) is 11.2 Å². The van der Waals surface area contributed by atoms with Crippen LogP contribution in [0.5, 0.6) is 0 Å². The quantitative estimate of drug-likeness (QED) is 0.912. The van der Waals surface area contributed by atoms with Crippen molar-refractivity contribution in [3.05, 3.63) is 47.0 Å². The maximum absolute atomic E-state index is 13.9. The molecule has 3 nitrogen and oxygen atoms in total. The van der Waals surface area contributed by atoms with E-state index in [1.165, 1.54) is 16.9 Å². The number of rotatable bonds is 3. The second-order valence-corrected chi connectivity index (χ2v) is 4.26. The van der Waals surface area contributed by atoms with Gasteiger partial charge in [-0.15, -0.1) is 0 Å². The van der Waals surface area contributed by atoms with Crippen LogP contribution in [0.2, 0.25) is 5.02 Å². The molecule has 1 heterocycles. The fraction of sp³-hybridized carbons (Fsp3) is 0.250. The Kier molecular flexibility index (Phi) is 3.45. The number of halogens is 2. The smallest absolute Gasteiger partial charge is 0.149 e. The molecule has 0 saturated heterocycles. The summed E-state index contributed by atoms with van der Waals surface area (Å²) in [7, 11) is 1.84. The molecule has 1 unspecified atom stereocenters. The first-order valence-corrected chi connectivity index (χ1v) is 5.67. The van der Waals surface area contributed by atoms with Gasteiger partial charge >= 0.3 is 0 Å². The molecule has 0 fully saturated rings. The molecule has 0 aliphatic rings. The van der Waals surface area contributed by atoms with Gasteiger partial charge in [-0.3, -0.25) is 0 Å². The first-order chi connectivity index (χ1) is 8.11. The summed E-state index contributed by atoms with van der Waals surface area (Å²) in [5.74, 6) is -0.315. The summed E-state index contributed by atoms with van der Waals surface area (Å²) in [4.78, 5) is 0. The van der Waals surface area contributed by atoms with Gasteiger partial charge < -0.3 is 5.32 Å². The van der Waals surface area contributed by atoms with Crippen LogP contribution in [0.25, 0.3) is 5.69 Å². The number of aromatic nitrogens is 2. The first kappa shape index (κ1) is 12.1. The standard InChI is InChI=1S/C12H13ClFN3/c1-8(15-2)9-3-4-12(11(14)5-9)17-7-10(13)6-16-17/h3-8,15H,1-2H3. The Morgan fingerprint density at radius 1 is 1.47 bits per heavy atom. The van der Waals surface area contributed by atoms with Crippen LogP contribution in [-0.2, 0) is 0 Å². The van der Waals surface area contributed by atoms with E-state index in [2.05, 4.69) is 10.4 Å². The summed E-state index contributed by atoms with van der Waals surface area (Å²) in [6.07, 6.45) is 3.05. The van der Waals surface area contributed by atoms with Gasteiger partial charge in [-0.05, 0) is 31.7 Å². The van der Waals surface area contributed by atoms with E-state index in [9.17, 15) is 4.39 Å². The Morgan fingerprint density at radius 2 is 2.24 bits per heavy atom. The molecule has 0 saturated carbocycles. The molecule has 0 spiro atoms. The average Bonchev–Trinajstić information content (AvgIpc) is 2.74. The first-order valence-electron chi connectivity index (χ1n) is 5.29. The van der Waals surface area contributed by atoms with E-state index < -0.39 is 0 Å². The molecule has 1 atom stereocenters. The van der Waals surface area contributed by atoms with Crippen molar-refractivity contribution in [2.45, 2.75) is 13.0 Å². The zero-order valence-corrected chi connectivity index (χ0v) is 10.4. The Morgan fingerprint density at radius 3 is 2.76 bits per heavy atom. The third kappa shape index (κ3) is 2.48. The van der Waals surface area contributed by atoms with Crippen molar-refractivity contribution in [1.29, 1.82) is 0 Å². The number of nitrogens with zero attached hydrogens (tertiary/aromatic N) is 2. The lowest BCUT2D eigenvalue weighted by Gasteiger charge is -2.12. The summed E-state index contributed by atoms with van der Waals surface area (Å²) in [5.41, 5.74) is 1.29. The molecule has 1 aromatic carbocycles. The molecule has 2 rings (SSSR count). The Balaban J connectivity index is 2.38. The van der Waals surface area contributed by atoms with Crippen molar-refractivity contribution in [3.8, 4) is 5.69 Å². The van der Waals surface area contributed by atoms with E-state index in [1.807, 2.05) is 20.0 Å². The van der Waals surface area contributed by atoms with Crippen LogP contribution in [0.15, 0.2) is 30.6 Å². The monoisotopic (exact) mass is 253 g/mol. The summed E-state index contributed by atoms with van der Waals surface area (Å²) in [5, 5.41) is 7.52. The lowest BCUT2D eigenvalue weighted by molar-refractivity contribution is 0.596.